The van der Waals surface area contributed by atoms with E-state index in [0.717, 1.165) is 38.5 Å². The zero-order valence-corrected chi connectivity index (χ0v) is 15.0. The minimum absolute atomic E-state index is 0.146. The van der Waals surface area contributed by atoms with Crippen LogP contribution in [0.2, 0.25) is 0 Å². The van der Waals surface area contributed by atoms with Crippen molar-refractivity contribution < 1.29 is 14.7 Å². The summed E-state index contributed by atoms with van der Waals surface area (Å²) < 4.78 is 0. The summed E-state index contributed by atoms with van der Waals surface area (Å²) >= 11 is 0. The lowest BCUT2D eigenvalue weighted by Gasteiger charge is -2.58. The van der Waals surface area contributed by atoms with E-state index in [4.69, 9.17) is 0 Å². The number of Topliss-reactive ketones (excluding diaryl/α,β-unsaturated/α-hetero) is 1. The van der Waals surface area contributed by atoms with Crippen LogP contribution in [-0.2, 0) is 9.59 Å². The Morgan fingerprint density at radius 3 is 2.67 bits per heavy atom. The first-order valence-electron chi connectivity index (χ1n) is 9.77. The maximum atomic E-state index is 12.2. The molecular weight excluding hydrogens is 300 g/mol. The van der Waals surface area contributed by atoms with Gasteiger partial charge in [-0.15, -0.1) is 0 Å². The number of carbonyl (C=O) groups excluding carboxylic acids is 2. The van der Waals surface area contributed by atoms with Gasteiger partial charge in [-0.05, 0) is 81.1 Å². The Bertz CT molecular complexity index is 606. The van der Waals surface area contributed by atoms with Crippen molar-refractivity contribution in [1.82, 2.24) is 0 Å². The number of rotatable bonds is 2. The van der Waals surface area contributed by atoms with E-state index in [1.54, 1.807) is 6.92 Å². The van der Waals surface area contributed by atoms with Crippen molar-refractivity contribution in [2.24, 2.45) is 34.5 Å². The van der Waals surface area contributed by atoms with E-state index in [1.807, 2.05) is 6.08 Å². The fourth-order valence-electron chi connectivity index (χ4n) is 7.33. The van der Waals surface area contributed by atoms with Gasteiger partial charge < -0.3 is 5.11 Å². The normalized spacial score (nSPS) is 47.5. The monoisotopic (exact) mass is 330 g/mol. The van der Waals surface area contributed by atoms with Crippen molar-refractivity contribution in [3.63, 3.8) is 0 Å². The largest absolute Gasteiger partial charge is 0.395 e. The molecule has 3 nitrogen and oxygen atoms in total. The maximum Gasteiger partial charge on any atom is 0.155 e. The summed E-state index contributed by atoms with van der Waals surface area (Å²) in [6, 6.07) is 0. The third kappa shape index (κ3) is 2.06. The van der Waals surface area contributed by atoms with Gasteiger partial charge in [-0.1, -0.05) is 12.5 Å². The molecule has 24 heavy (non-hydrogen) atoms. The third-order valence-electron chi connectivity index (χ3n) is 8.46. The van der Waals surface area contributed by atoms with Gasteiger partial charge in [0.25, 0.3) is 0 Å². The zero-order chi connectivity index (χ0) is 17.1. The molecule has 6 unspecified atom stereocenters. The van der Waals surface area contributed by atoms with Gasteiger partial charge in [-0.2, -0.15) is 0 Å². The van der Waals surface area contributed by atoms with Crippen LogP contribution >= 0.6 is 0 Å². The lowest BCUT2D eigenvalue weighted by atomic mass is 9.46. The van der Waals surface area contributed by atoms with Gasteiger partial charge in [0.1, 0.15) is 5.78 Å². The molecule has 4 rings (SSSR count). The quantitative estimate of drug-likeness (QED) is 0.840. The van der Waals surface area contributed by atoms with Gasteiger partial charge in [0, 0.05) is 17.8 Å². The Morgan fingerprint density at radius 2 is 1.96 bits per heavy atom. The lowest BCUT2D eigenvalue weighted by Crippen LogP contribution is -2.53. The predicted octanol–water partition coefficient (Wildman–Crippen LogP) is 3.70. The summed E-state index contributed by atoms with van der Waals surface area (Å²) in [5.74, 6) is 2.58. The molecule has 0 aromatic rings. The van der Waals surface area contributed by atoms with Crippen LogP contribution in [0.25, 0.3) is 0 Å². The summed E-state index contributed by atoms with van der Waals surface area (Å²) in [4.78, 5) is 24.1. The second-order valence-corrected chi connectivity index (χ2v) is 9.15. The number of hydrogen-bond donors (Lipinski definition) is 1. The second kappa shape index (κ2) is 5.52. The van der Waals surface area contributed by atoms with Gasteiger partial charge in [-0.25, -0.2) is 0 Å². The van der Waals surface area contributed by atoms with Crippen molar-refractivity contribution in [3.8, 4) is 0 Å². The van der Waals surface area contributed by atoms with Crippen molar-refractivity contribution in [2.75, 3.05) is 6.61 Å². The Kier molecular flexibility index (Phi) is 3.80. The van der Waals surface area contributed by atoms with E-state index < -0.39 is 0 Å². The summed E-state index contributed by atoms with van der Waals surface area (Å²) in [5, 5.41) is 10.3. The fraction of sp³-hybridized carbons (Fsp3) is 0.810. The highest BCUT2D eigenvalue weighted by molar-refractivity contribution is 5.91. The molecule has 0 saturated heterocycles. The highest BCUT2D eigenvalue weighted by Gasteiger charge is 2.60. The van der Waals surface area contributed by atoms with Gasteiger partial charge in [0.05, 0.1) is 6.61 Å². The number of aliphatic hydroxyl groups excluding tert-OH is 1. The van der Waals surface area contributed by atoms with Crippen molar-refractivity contribution in [1.29, 1.82) is 0 Å². The molecule has 4 aliphatic carbocycles. The highest BCUT2D eigenvalue weighted by Crippen LogP contribution is 2.66. The summed E-state index contributed by atoms with van der Waals surface area (Å²) in [6.07, 6.45) is 9.80. The van der Waals surface area contributed by atoms with Crippen LogP contribution in [0.15, 0.2) is 11.6 Å². The van der Waals surface area contributed by atoms with Gasteiger partial charge in [-0.3, -0.25) is 9.59 Å². The van der Waals surface area contributed by atoms with E-state index in [0.29, 0.717) is 30.0 Å². The average molecular weight is 330 g/mol. The molecule has 6 atom stereocenters. The lowest BCUT2D eigenvalue weighted by molar-refractivity contribution is -0.130. The van der Waals surface area contributed by atoms with Crippen molar-refractivity contribution in [2.45, 2.75) is 65.2 Å². The zero-order valence-electron chi connectivity index (χ0n) is 15.0. The molecule has 0 aliphatic heterocycles. The molecule has 0 aromatic carbocycles. The van der Waals surface area contributed by atoms with Crippen LogP contribution in [0.5, 0.6) is 0 Å². The average Bonchev–Trinajstić information content (AvgIpc) is 2.91. The van der Waals surface area contributed by atoms with Crippen molar-refractivity contribution >= 4 is 11.6 Å². The number of hydrogen-bond acceptors (Lipinski definition) is 3. The van der Waals surface area contributed by atoms with Crippen LogP contribution in [-0.4, -0.2) is 23.3 Å². The third-order valence-corrected chi connectivity index (χ3v) is 8.46. The minimum atomic E-state index is -0.146. The van der Waals surface area contributed by atoms with Crippen LogP contribution in [0.1, 0.15) is 65.2 Å². The molecule has 0 aromatic heterocycles. The molecule has 3 heteroatoms. The Labute approximate surface area is 144 Å². The summed E-state index contributed by atoms with van der Waals surface area (Å²) in [5.41, 5.74) is 1.24. The molecule has 3 fully saturated rings. The molecule has 4 aliphatic rings. The first kappa shape index (κ1) is 16.5. The fourth-order valence-corrected chi connectivity index (χ4v) is 7.33. The second-order valence-electron chi connectivity index (χ2n) is 9.15. The van der Waals surface area contributed by atoms with Gasteiger partial charge >= 0.3 is 0 Å². The van der Waals surface area contributed by atoms with E-state index in [2.05, 4.69) is 6.92 Å². The Hall–Kier alpha value is -0.960. The molecule has 1 N–H and O–H groups in total. The summed E-state index contributed by atoms with van der Waals surface area (Å²) in [7, 11) is 0. The minimum Gasteiger partial charge on any atom is -0.395 e. The topological polar surface area (TPSA) is 54.4 Å². The van der Waals surface area contributed by atoms with E-state index in [-0.39, 0.29) is 29.1 Å². The van der Waals surface area contributed by atoms with Crippen LogP contribution in [0.3, 0.4) is 0 Å². The molecule has 0 spiro atoms. The van der Waals surface area contributed by atoms with Gasteiger partial charge in [0.15, 0.2) is 5.78 Å². The van der Waals surface area contributed by atoms with E-state index >= 15 is 0 Å². The maximum absolute atomic E-state index is 12.2. The Balaban J connectivity index is 1.69. The Morgan fingerprint density at radius 1 is 1.17 bits per heavy atom. The predicted molar refractivity (Wildman–Crippen MR) is 92.3 cm³/mol. The molecule has 0 radical (unpaired) electrons. The molecule has 132 valence electrons. The van der Waals surface area contributed by atoms with Crippen LogP contribution in [0.4, 0.5) is 0 Å². The van der Waals surface area contributed by atoms with Crippen LogP contribution < -0.4 is 0 Å². The highest BCUT2D eigenvalue weighted by atomic mass is 16.3. The first-order valence-corrected chi connectivity index (χ1v) is 9.77. The smallest absolute Gasteiger partial charge is 0.155 e. The number of fused-ring (bicyclic) bond motifs is 5. The molecule has 0 bridgehead atoms. The molecule has 0 amide bonds. The van der Waals surface area contributed by atoms with Crippen LogP contribution in [0, 0.1) is 34.5 Å². The van der Waals surface area contributed by atoms with Crippen molar-refractivity contribution in [3.05, 3.63) is 11.6 Å². The number of ketones is 2. The SMILES string of the molecule is CC(=O)C1CCC2C3CCC4=CC(=O)CCC4(CO)C3CCC12C. The summed E-state index contributed by atoms with van der Waals surface area (Å²) in [6.45, 7) is 4.31. The van der Waals surface area contributed by atoms with Gasteiger partial charge in [0.2, 0.25) is 0 Å². The van der Waals surface area contributed by atoms with E-state index in [9.17, 15) is 14.7 Å². The standard InChI is InChI=1S/C21H30O3/c1-13(23)17-5-6-18-16-4-3-14-11-15(24)7-10-21(14,12-22)19(16)8-9-20(17,18)2/h11,16-19,22H,3-10,12H2,1-2H3. The van der Waals surface area contributed by atoms with E-state index in [1.165, 1.54) is 12.0 Å². The number of aliphatic hydroxyl groups is 1. The molecular formula is C21H30O3. The molecule has 0 heterocycles. The number of carbonyl (C=O) groups is 2. The molecule has 3 saturated carbocycles. The first-order chi connectivity index (χ1) is 11.4.